The molecule has 5 rings (SSSR count). The summed E-state index contributed by atoms with van der Waals surface area (Å²) < 4.78 is 8.68. The van der Waals surface area contributed by atoms with Crippen LogP contribution < -0.4 is 5.32 Å². The maximum atomic E-state index is 5.98. The number of para-hydroxylation sites is 2. The molecule has 30 heavy (non-hydrogen) atoms. The Morgan fingerprint density at radius 2 is 2.00 bits per heavy atom. The molecule has 1 aliphatic rings. The van der Waals surface area contributed by atoms with Gasteiger partial charge in [0, 0.05) is 24.7 Å². The second-order valence-electron chi connectivity index (χ2n) is 7.72. The molecule has 1 N–H and O–H groups in total. The Hall–Kier alpha value is -2.55. The number of hydrogen-bond acceptors (Lipinski definition) is 7. The number of anilines is 2. The lowest BCUT2D eigenvalue weighted by atomic mass is 9.97. The Morgan fingerprint density at radius 3 is 2.80 bits per heavy atom. The highest BCUT2D eigenvalue weighted by Crippen LogP contribution is 2.30. The number of oxazole rings is 1. The molecule has 4 aromatic rings. The van der Waals surface area contributed by atoms with Gasteiger partial charge in [0.15, 0.2) is 15.4 Å². The summed E-state index contributed by atoms with van der Waals surface area (Å²) in [6.45, 7) is 4.74. The smallest absolute Gasteiger partial charge is 0.209 e. The molecule has 0 bridgehead atoms. The summed E-state index contributed by atoms with van der Waals surface area (Å²) >= 11 is 7.05. The van der Waals surface area contributed by atoms with Gasteiger partial charge in [-0.2, -0.15) is 0 Å². The molecule has 2 aromatic heterocycles. The summed E-state index contributed by atoms with van der Waals surface area (Å²) in [7, 11) is 0. The van der Waals surface area contributed by atoms with Crippen molar-refractivity contribution in [1.82, 2.24) is 19.7 Å². The first-order valence-corrected chi connectivity index (χ1v) is 11.4. The topological polar surface area (TPSA) is 59.1 Å². The minimum absolute atomic E-state index is 0.371. The highest BCUT2D eigenvalue weighted by atomic mass is 32.1. The first-order chi connectivity index (χ1) is 14.6. The van der Waals surface area contributed by atoms with Crippen LogP contribution in [0.15, 0.2) is 52.9 Å². The van der Waals surface area contributed by atoms with Gasteiger partial charge in [0.05, 0.1) is 6.67 Å². The molecule has 6 nitrogen and oxygen atoms in total. The monoisotopic (exact) mass is 437 g/mol. The van der Waals surface area contributed by atoms with Gasteiger partial charge in [0.1, 0.15) is 5.52 Å². The molecule has 0 saturated carbocycles. The number of aromatic nitrogens is 3. The second-order valence-corrected chi connectivity index (χ2v) is 9.34. The van der Waals surface area contributed by atoms with Crippen LogP contribution in [-0.4, -0.2) is 32.8 Å². The molecule has 0 radical (unpaired) electrons. The van der Waals surface area contributed by atoms with Gasteiger partial charge in [-0.25, -0.2) is 9.67 Å². The lowest BCUT2D eigenvalue weighted by Crippen LogP contribution is -2.34. The van der Waals surface area contributed by atoms with Gasteiger partial charge in [-0.1, -0.05) is 35.6 Å². The summed E-state index contributed by atoms with van der Waals surface area (Å²) in [6, 6.07) is 16.2. The van der Waals surface area contributed by atoms with Crippen molar-refractivity contribution in [2.24, 2.45) is 0 Å². The summed E-state index contributed by atoms with van der Waals surface area (Å²) in [5, 5.41) is 8.87. The van der Waals surface area contributed by atoms with E-state index in [1.165, 1.54) is 16.9 Å². The molecular formula is C22H23N5OS2. The molecule has 8 heteroatoms. The Bertz CT molecular complexity index is 1190. The fourth-order valence-electron chi connectivity index (χ4n) is 3.87. The van der Waals surface area contributed by atoms with Crippen LogP contribution in [0.5, 0.6) is 0 Å². The Morgan fingerprint density at radius 1 is 1.17 bits per heavy atom. The number of nitrogens with zero attached hydrogens (tertiary/aromatic N) is 4. The van der Waals surface area contributed by atoms with Gasteiger partial charge in [-0.3, -0.25) is 4.90 Å². The van der Waals surface area contributed by atoms with Crippen molar-refractivity contribution < 1.29 is 4.42 Å². The quantitative estimate of drug-likeness (QED) is 0.404. The summed E-state index contributed by atoms with van der Waals surface area (Å²) in [5.41, 5.74) is 4.06. The van der Waals surface area contributed by atoms with Crippen LogP contribution in [0.4, 0.5) is 10.8 Å². The van der Waals surface area contributed by atoms with E-state index in [0.29, 0.717) is 12.6 Å². The van der Waals surface area contributed by atoms with Gasteiger partial charge in [-0.15, -0.1) is 5.10 Å². The molecule has 3 heterocycles. The minimum atomic E-state index is 0.371. The zero-order chi connectivity index (χ0) is 20.5. The highest BCUT2D eigenvalue weighted by Gasteiger charge is 2.25. The van der Waals surface area contributed by atoms with Crippen LogP contribution in [-0.2, 0) is 6.67 Å². The van der Waals surface area contributed by atoms with Crippen molar-refractivity contribution in [3.05, 3.63) is 63.9 Å². The van der Waals surface area contributed by atoms with Crippen LogP contribution in [0.2, 0.25) is 0 Å². The van der Waals surface area contributed by atoms with Crippen molar-refractivity contribution in [2.75, 3.05) is 18.4 Å². The largest absolute Gasteiger partial charge is 0.440 e. The van der Waals surface area contributed by atoms with Crippen molar-refractivity contribution in [3.63, 3.8) is 0 Å². The molecular weight excluding hydrogens is 414 g/mol. The van der Waals surface area contributed by atoms with E-state index in [4.69, 9.17) is 16.6 Å². The highest BCUT2D eigenvalue weighted by molar-refractivity contribution is 7.73. The summed E-state index contributed by atoms with van der Waals surface area (Å²) in [4.78, 5) is 7.08. The standard InChI is InChI=1S/C22H23N5OS2/c1-15-5-4-6-17(13-15)23-21-25-27(22(29)30-21)14-26-11-9-16(10-12-26)20-24-18-7-2-3-8-19(18)28-20/h2-8,13,16H,9-12,14H2,1H3,(H,23,25). The third kappa shape index (κ3) is 4.16. The van der Waals surface area contributed by atoms with Crippen LogP contribution in [0.3, 0.4) is 0 Å². The maximum Gasteiger partial charge on any atom is 0.209 e. The van der Waals surface area contributed by atoms with Crippen molar-refractivity contribution in [2.45, 2.75) is 32.4 Å². The molecule has 0 amide bonds. The predicted octanol–water partition coefficient (Wildman–Crippen LogP) is 5.70. The SMILES string of the molecule is Cc1cccc(Nc2nn(CN3CCC(c4nc5ccccc5o4)CC3)c(=S)s2)c1. The van der Waals surface area contributed by atoms with E-state index in [0.717, 1.165) is 57.7 Å². The molecule has 0 atom stereocenters. The van der Waals surface area contributed by atoms with Gasteiger partial charge in [0.25, 0.3) is 0 Å². The van der Waals surface area contributed by atoms with E-state index < -0.39 is 0 Å². The second kappa shape index (κ2) is 8.29. The zero-order valence-electron chi connectivity index (χ0n) is 16.7. The van der Waals surface area contributed by atoms with Crippen LogP contribution >= 0.6 is 23.6 Å². The van der Waals surface area contributed by atoms with E-state index in [1.54, 1.807) is 0 Å². The van der Waals surface area contributed by atoms with Crippen molar-refractivity contribution in [1.29, 1.82) is 0 Å². The fourth-order valence-corrected chi connectivity index (χ4v) is 4.88. The van der Waals surface area contributed by atoms with Crippen LogP contribution in [0.25, 0.3) is 11.1 Å². The number of piperidine rings is 1. The number of rotatable bonds is 5. The molecule has 2 aromatic carbocycles. The molecule has 0 unspecified atom stereocenters. The predicted molar refractivity (Wildman–Crippen MR) is 123 cm³/mol. The van der Waals surface area contributed by atoms with E-state index in [9.17, 15) is 0 Å². The number of nitrogens with one attached hydrogen (secondary N) is 1. The van der Waals surface area contributed by atoms with E-state index in [1.807, 2.05) is 41.1 Å². The molecule has 0 aliphatic carbocycles. The lowest BCUT2D eigenvalue weighted by molar-refractivity contribution is 0.154. The number of fused-ring (bicyclic) bond motifs is 1. The van der Waals surface area contributed by atoms with Crippen LogP contribution in [0, 0.1) is 10.9 Å². The Labute approximate surface area is 184 Å². The maximum absolute atomic E-state index is 5.98. The van der Waals surface area contributed by atoms with Gasteiger partial charge < -0.3 is 9.73 Å². The van der Waals surface area contributed by atoms with E-state index >= 15 is 0 Å². The zero-order valence-corrected chi connectivity index (χ0v) is 18.4. The first-order valence-electron chi connectivity index (χ1n) is 10.1. The summed E-state index contributed by atoms with van der Waals surface area (Å²) in [6.07, 6.45) is 2.05. The Balaban J connectivity index is 1.21. The first kappa shape index (κ1) is 19.4. The van der Waals surface area contributed by atoms with Gasteiger partial charge in [-0.05, 0) is 61.8 Å². The van der Waals surface area contributed by atoms with Gasteiger partial charge in [0.2, 0.25) is 5.13 Å². The van der Waals surface area contributed by atoms with E-state index in [2.05, 4.69) is 39.4 Å². The van der Waals surface area contributed by atoms with Crippen molar-refractivity contribution >= 4 is 45.5 Å². The van der Waals surface area contributed by atoms with Gasteiger partial charge >= 0.3 is 0 Å². The van der Waals surface area contributed by atoms with Crippen molar-refractivity contribution in [3.8, 4) is 0 Å². The number of aryl methyl sites for hydroxylation is 1. The number of likely N-dealkylation sites (tertiary alicyclic amines) is 1. The number of hydrogen-bond donors (Lipinski definition) is 1. The molecule has 1 fully saturated rings. The lowest BCUT2D eigenvalue weighted by Gasteiger charge is -2.30. The molecule has 1 aliphatic heterocycles. The minimum Gasteiger partial charge on any atom is -0.440 e. The fraction of sp³-hybridized carbons (Fsp3) is 0.318. The third-order valence-electron chi connectivity index (χ3n) is 5.46. The third-order valence-corrected chi connectivity index (χ3v) is 6.68. The van der Waals surface area contributed by atoms with Crippen LogP contribution in [0.1, 0.15) is 30.2 Å². The normalized spacial score (nSPS) is 15.6. The Kier molecular flexibility index (Phi) is 5.37. The summed E-state index contributed by atoms with van der Waals surface area (Å²) in [5.74, 6) is 1.24. The van der Waals surface area contributed by atoms with E-state index in [-0.39, 0.29) is 0 Å². The molecule has 0 spiro atoms. The molecule has 1 saturated heterocycles. The number of benzene rings is 2. The molecule has 154 valence electrons. The average molecular weight is 438 g/mol. The average Bonchev–Trinajstić information content (AvgIpc) is 3.32.